The van der Waals surface area contributed by atoms with Crippen molar-refractivity contribution in [2.24, 2.45) is 0 Å². The van der Waals surface area contributed by atoms with E-state index in [0.29, 0.717) is 16.9 Å². The Morgan fingerprint density at radius 1 is 1.44 bits per heavy atom. The first-order valence-corrected chi connectivity index (χ1v) is 7.24. The van der Waals surface area contributed by atoms with E-state index in [1.54, 1.807) is 6.07 Å². The lowest BCUT2D eigenvalue weighted by Gasteiger charge is -2.40. The molecule has 1 aliphatic rings. The van der Waals surface area contributed by atoms with Crippen LogP contribution in [0.2, 0.25) is 0 Å². The summed E-state index contributed by atoms with van der Waals surface area (Å²) in [5.74, 6) is 0.610. The van der Waals surface area contributed by atoms with Crippen molar-refractivity contribution in [1.82, 2.24) is 0 Å². The molecule has 2 atom stereocenters. The van der Waals surface area contributed by atoms with Gasteiger partial charge in [-0.05, 0) is 32.0 Å². The van der Waals surface area contributed by atoms with Gasteiger partial charge < -0.3 is 4.90 Å². The van der Waals surface area contributed by atoms with Crippen molar-refractivity contribution in [1.29, 1.82) is 0 Å². The van der Waals surface area contributed by atoms with Crippen LogP contribution in [-0.2, 0) is 0 Å². The largest absolute Gasteiger partial charge is 0.366 e. The van der Waals surface area contributed by atoms with Crippen LogP contribution in [0, 0.1) is 5.82 Å². The lowest BCUT2D eigenvalue weighted by molar-refractivity contribution is 0.101. The van der Waals surface area contributed by atoms with Crippen LogP contribution >= 0.6 is 11.8 Å². The molecule has 0 aromatic heterocycles. The number of hydrogen-bond donors (Lipinski definition) is 0. The van der Waals surface area contributed by atoms with Gasteiger partial charge in [0.2, 0.25) is 0 Å². The molecule has 0 bridgehead atoms. The van der Waals surface area contributed by atoms with E-state index in [-0.39, 0.29) is 11.6 Å². The van der Waals surface area contributed by atoms with Gasteiger partial charge in [0.05, 0.1) is 0 Å². The Kier molecular flexibility index (Phi) is 3.95. The van der Waals surface area contributed by atoms with Crippen LogP contribution in [0.3, 0.4) is 0 Å². The van der Waals surface area contributed by atoms with E-state index in [0.717, 1.165) is 18.0 Å². The van der Waals surface area contributed by atoms with Gasteiger partial charge in [-0.1, -0.05) is 6.92 Å². The Labute approximate surface area is 112 Å². The zero-order chi connectivity index (χ0) is 13.3. The van der Waals surface area contributed by atoms with Gasteiger partial charge in [0.1, 0.15) is 5.82 Å². The summed E-state index contributed by atoms with van der Waals surface area (Å²) in [6, 6.07) is 4.86. The minimum absolute atomic E-state index is 0.0809. The molecule has 1 fully saturated rings. The molecule has 2 nitrogen and oxygen atoms in total. The molecule has 0 N–H and O–H groups in total. The van der Waals surface area contributed by atoms with Gasteiger partial charge in [-0.2, -0.15) is 11.8 Å². The standard InChI is InChI=1S/C14H18FNOS/c1-9-11(3)18-7-6-16(9)14-5-4-12(15)8-13(14)10(2)17/h4-5,8-9,11H,6-7H2,1-3H3. The average Bonchev–Trinajstić information content (AvgIpc) is 2.33. The summed E-state index contributed by atoms with van der Waals surface area (Å²) in [6.07, 6.45) is 0. The Bertz CT molecular complexity index is 463. The summed E-state index contributed by atoms with van der Waals surface area (Å²) in [7, 11) is 0. The number of Topliss-reactive ketones (excluding diaryl/α,β-unsaturated/α-hetero) is 1. The van der Waals surface area contributed by atoms with Crippen molar-refractivity contribution in [3.8, 4) is 0 Å². The van der Waals surface area contributed by atoms with Crippen LogP contribution in [0.5, 0.6) is 0 Å². The van der Waals surface area contributed by atoms with E-state index < -0.39 is 0 Å². The highest BCUT2D eigenvalue weighted by atomic mass is 32.2. The second kappa shape index (κ2) is 5.31. The SMILES string of the molecule is CC(=O)c1cc(F)ccc1N1CCSC(C)C1C. The smallest absolute Gasteiger partial charge is 0.161 e. The molecule has 1 aliphatic heterocycles. The van der Waals surface area contributed by atoms with Crippen LogP contribution in [0.4, 0.5) is 10.1 Å². The van der Waals surface area contributed by atoms with Crippen LogP contribution in [0.1, 0.15) is 31.1 Å². The summed E-state index contributed by atoms with van der Waals surface area (Å²) in [5.41, 5.74) is 1.35. The maximum absolute atomic E-state index is 13.3. The Morgan fingerprint density at radius 3 is 2.83 bits per heavy atom. The first-order valence-electron chi connectivity index (χ1n) is 6.19. The number of carbonyl (C=O) groups is 1. The van der Waals surface area contributed by atoms with Crippen LogP contribution in [-0.4, -0.2) is 29.4 Å². The van der Waals surface area contributed by atoms with Gasteiger partial charge in [0.25, 0.3) is 0 Å². The second-order valence-electron chi connectivity index (χ2n) is 4.73. The quantitative estimate of drug-likeness (QED) is 0.766. The number of carbonyl (C=O) groups excluding carboxylic acids is 1. The van der Waals surface area contributed by atoms with E-state index in [1.165, 1.54) is 19.1 Å². The molecule has 1 heterocycles. The molecule has 98 valence electrons. The highest BCUT2D eigenvalue weighted by Gasteiger charge is 2.27. The fraction of sp³-hybridized carbons (Fsp3) is 0.500. The van der Waals surface area contributed by atoms with Gasteiger partial charge in [0.15, 0.2) is 5.78 Å². The molecular formula is C14H18FNOS. The third kappa shape index (κ3) is 2.53. The molecule has 0 amide bonds. The summed E-state index contributed by atoms with van der Waals surface area (Å²) >= 11 is 1.94. The number of halogens is 1. The predicted molar refractivity (Wildman–Crippen MR) is 75.1 cm³/mol. The number of anilines is 1. The first kappa shape index (κ1) is 13.4. The van der Waals surface area contributed by atoms with Crippen LogP contribution < -0.4 is 4.90 Å². The summed E-state index contributed by atoms with van der Waals surface area (Å²) < 4.78 is 13.3. The summed E-state index contributed by atoms with van der Waals surface area (Å²) in [4.78, 5) is 13.9. The van der Waals surface area contributed by atoms with Gasteiger partial charge in [0, 0.05) is 34.8 Å². The van der Waals surface area contributed by atoms with E-state index >= 15 is 0 Å². The first-order chi connectivity index (χ1) is 8.50. The minimum Gasteiger partial charge on any atom is -0.366 e. The normalized spacial score (nSPS) is 24.1. The Hall–Kier alpha value is -1.03. The lowest BCUT2D eigenvalue weighted by atomic mass is 10.1. The minimum atomic E-state index is -0.351. The fourth-order valence-corrected chi connectivity index (χ4v) is 3.41. The van der Waals surface area contributed by atoms with Gasteiger partial charge in [-0.25, -0.2) is 4.39 Å². The third-order valence-corrected chi connectivity index (χ3v) is 4.87. The van der Waals surface area contributed by atoms with Crippen molar-refractivity contribution in [2.75, 3.05) is 17.2 Å². The number of nitrogens with zero attached hydrogens (tertiary/aromatic N) is 1. The van der Waals surface area contributed by atoms with Crippen LogP contribution in [0.15, 0.2) is 18.2 Å². The zero-order valence-corrected chi connectivity index (χ0v) is 11.8. The molecule has 0 radical (unpaired) electrons. The molecule has 4 heteroatoms. The van der Waals surface area contributed by atoms with E-state index in [4.69, 9.17) is 0 Å². The maximum atomic E-state index is 13.3. The second-order valence-corrected chi connectivity index (χ2v) is 6.21. The predicted octanol–water partition coefficient (Wildman–Crippen LogP) is 3.36. The number of hydrogen-bond acceptors (Lipinski definition) is 3. The molecule has 0 saturated carbocycles. The third-order valence-electron chi connectivity index (χ3n) is 3.53. The maximum Gasteiger partial charge on any atom is 0.161 e. The lowest BCUT2D eigenvalue weighted by Crippen LogP contribution is -2.45. The Morgan fingerprint density at radius 2 is 2.17 bits per heavy atom. The molecule has 1 aromatic rings. The fourth-order valence-electron chi connectivity index (χ4n) is 2.31. The molecular weight excluding hydrogens is 249 g/mol. The van der Waals surface area contributed by atoms with E-state index in [2.05, 4.69) is 18.7 Å². The van der Waals surface area contributed by atoms with Gasteiger partial charge in [-0.3, -0.25) is 4.79 Å². The van der Waals surface area contributed by atoms with Gasteiger partial charge >= 0.3 is 0 Å². The van der Waals surface area contributed by atoms with Crippen molar-refractivity contribution < 1.29 is 9.18 Å². The molecule has 0 aliphatic carbocycles. The summed E-state index contributed by atoms with van der Waals surface area (Å²) in [5, 5.41) is 0.517. The highest BCUT2D eigenvalue weighted by molar-refractivity contribution is 8.00. The number of thioether (sulfide) groups is 1. The van der Waals surface area contributed by atoms with Crippen molar-refractivity contribution in [3.05, 3.63) is 29.6 Å². The molecule has 1 saturated heterocycles. The average molecular weight is 267 g/mol. The molecule has 2 unspecified atom stereocenters. The van der Waals surface area contributed by atoms with Gasteiger partial charge in [-0.15, -0.1) is 0 Å². The van der Waals surface area contributed by atoms with Crippen LogP contribution in [0.25, 0.3) is 0 Å². The number of ketones is 1. The van der Waals surface area contributed by atoms with Crippen molar-refractivity contribution in [3.63, 3.8) is 0 Å². The molecule has 2 rings (SSSR count). The van der Waals surface area contributed by atoms with Crippen molar-refractivity contribution in [2.45, 2.75) is 32.1 Å². The topological polar surface area (TPSA) is 20.3 Å². The van der Waals surface area contributed by atoms with E-state index in [9.17, 15) is 9.18 Å². The molecule has 0 spiro atoms. The Balaban J connectivity index is 2.40. The number of benzene rings is 1. The highest BCUT2D eigenvalue weighted by Crippen LogP contribution is 2.31. The monoisotopic (exact) mass is 267 g/mol. The van der Waals surface area contributed by atoms with Crippen molar-refractivity contribution >= 4 is 23.2 Å². The zero-order valence-electron chi connectivity index (χ0n) is 10.9. The molecule has 1 aromatic carbocycles. The molecule has 18 heavy (non-hydrogen) atoms. The number of rotatable bonds is 2. The van der Waals surface area contributed by atoms with E-state index in [1.807, 2.05) is 11.8 Å². The summed E-state index contributed by atoms with van der Waals surface area (Å²) in [6.45, 7) is 6.75.